The van der Waals surface area contributed by atoms with Crippen LogP contribution in [0.2, 0.25) is 0 Å². The molecule has 29 heavy (non-hydrogen) atoms. The molecule has 2 saturated heterocycles. The van der Waals surface area contributed by atoms with Gasteiger partial charge in [-0.05, 0) is 11.1 Å². The van der Waals surface area contributed by atoms with E-state index in [1.54, 1.807) is 0 Å². The second-order valence-electron chi connectivity index (χ2n) is 6.37. The molecule has 2 aromatic carbocycles. The Morgan fingerprint density at radius 3 is 1.34 bits per heavy atom. The van der Waals surface area contributed by atoms with E-state index >= 15 is 0 Å². The second-order valence-corrected chi connectivity index (χ2v) is 8.43. The van der Waals surface area contributed by atoms with Crippen LogP contribution >= 0.6 is 24.4 Å². The van der Waals surface area contributed by atoms with E-state index in [1.807, 2.05) is 46.2 Å². The summed E-state index contributed by atoms with van der Waals surface area (Å²) in [4.78, 5) is 3.78. The van der Waals surface area contributed by atoms with Gasteiger partial charge in [0, 0.05) is 13.1 Å². The van der Waals surface area contributed by atoms with Crippen molar-refractivity contribution in [2.75, 3.05) is 26.6 Å². The summed E-state index contributed by atoms with van der Waals surface area (Å²) in [6.45, 7) is 2.57. The topological polar surface area (TPSA) is 24.9 Å². The standard InChI is InChI=1S/2C10H11NOS2.Zn/c2*13-10(14)11-6-9(12-7-11)8-4-2-1-3-5-8;/h2*1-5,9H,6-7H2,(H,13,14);/q;;+2/p-2. The average Bonchev–Trinajstić information content (AvgIpc) is 3.40. The smallest absolute Gasteiger partial charge is 0.411 e. The second kappa shape index (κ2) is 12.2. The quantitative estimate of drug-likeness (QED) is 0.341. The summed E-state index contributed by atoms with van der Waals surface area (Å²) in [5, 5.41) is 0. The third-order valence-electron chi connectivity index (χ3n) is 4.49. The molecule has 2 unspecified atom stereocenters. The molecule has 2 fully saturated rings. The minimum atomic E-state index is 0. The normalized spacial score (nSPS) is 20.4. The third-order valence-corrected chi connectivity index (χ3v) is 5.53. The molecule has 4 nitrogen and oxygen atoms in total. The van der Waals surface area contributed by atoms with Crippen molar-refractivity contribution in [2.24, 2.45) is 0 Å². The van der Waals surface area contributed by atoms with Gasteiger partial charge in [-0.1, -0.05) is 69.3 Å². The summed E-state index contributed by atoms with van der Waals surface area (Å²) < 4.78 is 12.1. The van der Waals surface area contributed by atoms with Crippen LogP contribution in [0.3, 0.4) is 0 Å². The maximum absolute atomic E-state index is 5.58. The summed E-state index contributed by atoms with van der Waals surface area (Å²) in [6.07, 6.45) is 0.217. The van der Waals surface area contributed by atoms with Crippen LogP contribution < -0.4 is 0 Å². The van der Waals surface area contributed by atoms with E-state index in [4.69, 9.17) is 59.2 Å². The molecule has 2 aliphatic rings. The fraction of sp³-hybridized carbons (Fsp3) is 0.300. The van der Waals surface area contributed by atoms with E-state index in [0.717, 1.165) is 13.1 Å². The van der Waals surface area contributed by atoms with Crippen molar-refractivity contribution < 1.29 is 29.0 Å². The Hall–Kier alpha value is -0.797. The molecule has 2 aliphatic heterocycles. The first kappa shape index (κ1) is 24.5. The van der Waals surface area contributed by atoms with Gasteiger partial charge in [-0.25, -0.2) is 0 Å². The molecule has 0 bridgehead atoms. The van der Waals surface area contributed by atoms with Crippen molar-refractivity contribution in [3.05, 3.63) is 71.8 Å². The minimum absolute atomic E-state index is 0. The van der Waals surface area contributed by atoms with Crippen molar-refractivity contribution in [3.63, 3.8) is 0 Å². The maximum Gasteiger partial charge on any atom is 2.00 e. The number of nitrogens with zero attached hydrogens (tertiary/aromatic N) is 2. The molecular formula is C20H20N2O2S4Zn. The van der Waals surface area contributed by atoms with Crippen molar-refractivity contribution in [2.45, 2.75) is 12.2 Å². The fourth-order valence-corrected chi connectivity index (χ4v) is 3.47. The zero-order chi connectivity index (χ0) is 19.9. The van der Waals surface area contributed by atoms with Gasteiger partial charge < -0.3 is 69.0 Å². The Kier molecular flexibility index (Phi) is 10.3. The minimum Gasteiger partial charge on any atom is -0.411 e. The van der Waals surface area contributed by atoms with E-state index in [0.29, 0.717) is 22.1 Å². The third kappa shape index (κ3) is 7.14. The van der Waals surface area contributed by atoms with Crippen LogP contribution in [-0.2, 0) is 54.2 Å². The number of hydrogen-bond acceptors (Lipinski definition) is 6. The first-order valence-electron chi connectivity index (χ1n) is 8.79. The summed E-state index contributed by atoms with van der Waals surface area (Å²) >= 11 is 19.7. The Balaban J connectivity index is 0.000000200. The molecule has 0 radical (unpaired) electrons. The summed E-state index contributed by atoms with van der Waals surface area (Å²) in [7, 11) is 0. The number of ether oxygens (including phenoxy) is 2. The predicted octanol–water partition coefficient (Wildman–Crippen LogP) is 3.70. The molecule has 0 aromatic heterocycles. The van der Waals surface area contributed by atoms with Crippen molar-refractivity contribution in [1.82, 2.24) is 9.80 Å². The van der Waals surface area contributed by atoms with Crippen LogP contribution in [0.1, 0.15) is 23.3 Å². The van der Waals surface area contributed by atoms with Crippen LogP contribution in [0, 0.1) is 0 Å². The zero-order valence-electron chi connectivity index (χ0n) is 15.8. The van der Waals surface area contributed by atoms with Gasteiger partial charge in [0.25, 0.3) is 0 Å². The summed E-state index contributed by atoms with van der Waals surface area (Å²) in [6, 6.07) is 20.2. The molecule has 2 aromatic rings. The van der Waals surface area contributed by atoms with Crippen LogP contribution in [0.4, 0.5) is 0 Å². The molecule has 2 heterocycles. The van der Waals surface area contributed by atoms with E-state index in [2.05, 4.69) is 24.3 Å². The van der Waals surface area contributed by atoms with Crippen LogP contribution in [-0.4, -0.2) is 45.0 Å². The predicted molar refractivity (Wildman–Crippen MR) is 124 cm³/mol. The van der Waals surface area contributed by atoms with Gasteiger partial charge in [-0.2, -0.15) is 0 Å². The molecule has 4 rings (SSSR count). The number of rotatable bonds is 2. The van der Waals surface area contributed by atoms with E-state index in [-0.39, 0.29) is 31.7 Å². The van der Waals surface area contributed by atoms with Gasteiger partial charge in [0.2, 0.25) is 0 Å². The van der Waals surface area contributed by atoms with Crippen molar-refractivity contribution >= 4 is 58.3 Å². The van der Waals surface area contributed by atoms with E-state index in [9.17, 15) is 0 Å². The zero-order valence-corrected chi connectivity index (χ0v) is 22.0. The first-order valence-corrected chi connectivity index (χ1v) is 10.4. The SMILES string of the molecule is S=C([S-])N1COC(c2ccccc2)C1.S=C([S-])N1COC(c2ccccc2)C1.[Zn+2]. The van der Waals surface area contributed by atoms with E-state index in [1.165, 1.54) is 11.1 Å². The Morgan fingerprint density at radius 2 is 1.07 bits per heavy atom. The number of benzene rings is 2. The average molecular weight is 514 g/mol. The fourth-order valence-electron chi connectivity index (χ4n) is 2.96. The number of thiocarbonyl (C=S) groups is 2. The van der Waals surface area contributed by atoms with Gasteiger partial charge in [-0.3, -0.25) is 0 Å². The number of hydrogen-bond donors (Lipinski definition) is 0. The van der Waals surface area contributed by atoms with Gasteiger partial charge in [0.05, 0.1) is 0 Å². The van der Waals surface area contributed by atoms with E-state index < -0.39 is 0 Å². The van der Waals surface area contributed by atoms with Gasteiger partial charge in [0.1, 0.15) is 25.7 Å². The molecule has 9 heteroatoms. The molecule has 2 atom stereocenters. The Morgan fingerprint density at radius 1 is 0.724 bits per heavy atom. The van der Waals surface area contributed by atoms with Crippen molar-refractivity contribution in [3.8, 4) is 0 Å². The van der Waals surface area contributed by atoms with Crippen LogP contribution in [0.25, 0.3) is 0 Å². The molecule has 0 saturated carbocycles. The maximum atomic E-state index is 5.58. The van der Waals surface area contributed by atoms with Crippen molar-refractivity contribution in [1.29, 1.82) is 0 Å². The van der Waals surface area contributed by atoms with Crippen LogP contribution in [0.15, 0.2) is 60.7 Å². The molecule has 0 spiro atoms. The summed E-state index contributed by atoms with van der Waals surface area (Å²) in [5.41, 5.74) is 2.36. The Bertz CT molecular complexity index is 730. The molecule has 148 valence electrons. The summed E-state index contributed by atoms with van der Waals surface area (Å²) in [5.74, 6) is 0. The largest absolute Gasteiger partial charge is 2.00 e. The van der Waals surface area contributed by atoms with Gasteiger partial charge >= 0.3 is 19.5 Å². The molecule has 0 amide bonds. The monoisotopic (exact) mass is 512 g/mol. The first-order chi connectivity index (χ1) is 13.5. The molecule has 0 aliphatic carbocycles. The Labute approximate surface area is 206 Å². The van der Waals surface area contributed by atoms with Gasteiger partial charge in [-0.15, -0.1) is 0 Å². The molecule has 0 N–H and O–H groups in total. The molecular weight excluding hydrogens is 494 g/mol. The van der Waals surface area contributed by atoms with Gasteiger partial charge in [0.15, 0.2) is 0 Å². The van der Waals surface area contributed by atoms with Crippen LogP contribution in [0.5, 0.6) is 0 Å².